The Kier molecular flexibility index (Phi) is 3.42. The lowest BCUT2D eigenvalue weighted by atomic mass is 9.90. The van der Waals surface area contributed by atoms with Gasteiger partial charge < -0.3 is 9.64 Å². The number of carbonyl (C=O) groups excluding carboxylic acids is 1. The van der Waals surface area contributed by atoms with E-state index >= 15 is 0 Å². The van der Waals surface area contributed by atoms with Crippen LogP contribution < -0.4 is 0 Å². The summed E-state index contributed by atoms with van der Waals surface area (Å²) in [5.74, 6) is 0.914. The summed E-state index contributed by atoms with van der Waals surface area (Å²) < 4.78 is 5.81. The second-order valence-electron chi connectivity index (χ2n) is 5.96. The summed E-state index contributed by atoms with van der Waals surface area (Å²) in [6.07, 6.45) is 9.45. The average molecular weight is 249 g/mol. The average Bonchev–Trinajstić information content (AvgIpc) is 3.22. The van der Waals surface area contributed by atoms with E-state index in [-0.39, 0.29) is 5.91 Å². The van der Waals surface area contributed by atoms with E-state index in [2.05, 4.69) is 11.8 Å². The van der Waals surface area contributed by atoms with E-state index in [1.165, 1.54) is 31.3 Å². The zero-order valence-corrected chi connectivity index (χ0v) is 11.2. The highest BCUT2D eigenvalue weighted by molar-refractivity contribution is 5.88. The molecule has 1 amide bonds. The van der Waals surface area contributed by atoms with Crippen molar-refractivity contribution in [1.82, 2.24) is 4.90 Å². The van der Waals surface area contributed by atoms with Crippen molar-refractivity contribution >= 4 is 5.91 Å². The van der Waals surface area contributed by atoms with Crippen molar-refractivity contribution in [1.29, 1.82) is 0 Å². The van der Waals surface area contributed by atoms with E-state index in [1.807, 2.05) is 6.08 Å². The largest absolute Gasteiger partial charge is 0.374 e. The SMILES string of the molecule is C/C(=C\C(=O)N1CCOC2CCCCC21)C1CC1. The Hall–Kier alpha value is -0.830. The fraction of sp³-hybridized carbons (Fsp3) is 0.800. The molecule has 0 spiro atoms. The molecule has 1 saturated heterocycles. The van der Waals surface area contributed by atoms with Gasteiger partial charge in [-0.25, -0.2) is 0 Å². The van der Waals surface area contributed by atoms with Gasteiger partial charge in [0.05, 0.1) is 18.8 Å². The molecule has 0 aromatic rings. The number of ether oxygens (including phenoxy) is 1. The van der Waals surface area contributed by atoms with Gasteiger partial charge in [0, 0.05) is 12.6 Å². The highest BCUT2D eigenvalue weighted by atomic mass is 16.5. The summed E-state index contributed by atoms with van der Waals surface area (Å²) in [6, 6.07) is 0.336. The van der Waals surface area contributed by atoms with Crippen molar-refractivity contribution in [3.05, 3.63) is 11.6 Å². The summed E-state index contributed by atoms with van der Waals surface area (Å²) in [5, 5.41) is 0. The number of morpholine rings is 1. The summed E-state index contributed by atoms with van der Waals surface area (Å²) in [6.45, 7) is 3.59. The van der Waals surface area contributed by atoms with Gasteiger partial charge in [0.15, 0.2) is 0 Å². The van der Waals surface area contributed by atoms with Crippen LogP contribution in [0.15, 0.2) is 11.6 Å². The lowest BCUT2D eigenvalue weighted by Crippen LogP contribution is -2.54. The van der Waals surface area contributed by atoms with Crippen LogP contribution in [0.25, 0.3) is 0 Å². The van der Waals surface area contributed by atoms with Crippen molar-refractivity contribution in [2.75, 3.05) is 13.2 Å². The summed E-state index contributed by atoms with van der Waals surface area (Å²) >= 11 is 0. The predicted octanol–water partition coefficient (Wildman–Crippen LogP) is 2.51. The third-order valence-corrected chi connectivity index (χ3v) is 4.59. The molecule has 3 nitrogen and oxygen atoms in total. The first kappa shape index (κ1) is 12.2. The monoisotopic (exact) mass is 249 g/mol. The normalized spacial score (nSPS) is 33.2. The van der Waals surface area contributed by atoms with Crippen LogP contribution in [0.2, 0.25) is 0 Å². The number of rotatable bonds is 2. The lowest BCUT2D eigenvalue weighted by Gasteiger charge is -2.43. The minimum Gasteiger partial charge on any atom is -0.374 e. The van der Waals surface area contributed by atoms with E-state index in [9.17, 15) is 4.79 Å². The van der Waals surface area contributed by atoms with Crippen LogP contribution in [0, 0.1) is 5.92 Å². The molecule has 3 fully saturated rings. The maximum absolute atomic E-state index is 12.4. The molecule has 0 aromatic heterocycles. The first-order valence-electron chi connectivity index (χ1n) is 7.36. The minimum atomic E-state index is 0.222. The Morgan fingerprint density at radius 1 is 1.22 bits per heavy atom. The third-order valence-electron chi connectivity index (χ3n) is 4.59. The smallest absolute Gasteiger partial charge is 0.246 e. The molecule has 2 saturated carbocycles. The topological polar surface area (TPSA) is 29.5 Å². The summed E-state index contributed by atoms with van der Waals surface area (Å²) in [5.41, 5.74) is 1.28. The Morgan fingerprint density at radius 2 is 2.00 bits per heavy atom. The van der Waals surface area contributed by atoms with Gasteiger partial charge in [-0.1, -0.05) is 18.4 Å². The molecule has 1 heterocycles. The van der Waals surface area contributed by atoms with Gasteiger partial charge in [0.25, 0.3) is 0 Å². The number of allylic oxidation sites excluding steroid dienone is 1. The van der Waals surface area contributed by atoms with E-state index < -0.39 is 0 Å². The van der Waals surface area contributed by atoms with Gasteiger partial charge in [0.2, 0.25) is 5.91 Å². The molecule has 100 valence electrons. The zero-order valence-electron chi connectivity index (χ0n) is 11.2. The maximum atomic E-state index is 12.4. The van der Waals surface area contributed by atoms with E-state index in [0.29, 0.717) is 24.7 Å². The highest BCUT2D eigenvalue weighted by Gasteiger charge is 2.36. The molecule has 2 atom stereocenters. The number of fused-ring (bicyclic) bond motifs is 1. The summed E-state index contributed by atoms with van der Waals surface area (Å²) in [4.78, 5) is 14.5. The van der Waals surface area contributed by atoms with Crippen LogP contribution >= 0.6 is 0 Å². The van der Waals surface area contributed by atoms with E-state index in [0.717, 1.165) is 19.4 Å². The van der Waals surface area contributed by atoms with Gasteiger partial charge in [-0.05, 0) is 38.5 Å². The molecule has 1 aliphatic heterocycles. The number of carbonyl (C=O) groups is 1. The quantitative estimate of drug-likeness (QED) is 0.704. The Labute approximate surface area is 109 Å². The zero-order chi connectivity index (χ0) is 12.5. The molecule has 3 heteroatoms. The second-order valence-corrected chi connectivity index (χ2v) is 5.96. The van der Waals surface area contributed by atoms with Crippen molar-refractivity contribution in [2.45, 2.75) is 57.6 Å². The van der Waals surface area contributed by atoms with Gasteiger partial charge in [0.1, 0.15) is 0 Å². The first-order valence-corrected chi connectivity index (χ1v) is 7.36. The van der Waals surface area contributed by atoms with Crippen LogP contribution in [-0.2, 0) is 9.53 Å². The molecule has 3 aliphatic rings. The first-order chi connectivity index (χ1) is 8.75. The van der Waals surface area contributed by atoms with Crippen molar-refractivity contribution in [2.24, 2.45) is 5.92 Å². The third kappa shape index (κ3) is 2.46. The predicted molar refractivity (Wildman–Crippen MR) is 70.2 cm³/mol. The van der Waals surface area contributed by atoms with E-state index in [1.54, 1.807) is 0 Å². The van der Waals surface area contributed by atoms with Crippen LogP contribution in [0.4, 0.5) is 0 Å². The van der Waals surface area contributed by atoms with Gasteiger partial charge >= 0.3 is 0 Å². The molecular formula is C15H23NO2. The van der Waals surface area contributed by atoms with Crippen molar-refractivity contribution in [3.8, 4) is 0 Å². The minimum absolute atomic E-state index is 0.222. The number of nitrogens with zero attached hydrogens (tertiary/aromatic N) is 1. The van der Waals surface area contributed by atoms with Crippen LogP contribution in [0.1, 0.15) is 45.4 Å². The molecule has 18 heavy (non-hydrogen) atoms. The Morgan fingerprint density at radius 3 is 2.78 bits per heavy atom. The number of hydrogen-bond donors (Lipinski definition) is 0. The van der Waals surface area contributed by atoms with Crippen LogP contribution in [0.3, 0.4) is 0 Å². The number of amides is 1. The summed E-state index contributed by atoms with van der Waals surface area (Å²) in [7, 11) is 0. The van der Waals surface area contributed by atoms with Crippen LogP contribution in [0.5, 0.6) is 0 Å². The van der Waals surface area contributed by atoms with Crippen molar-refractivity contribution in [3.63, 3.8) is 0 Å². The van der Waals surface area contributed by atoms with Gasteiger partial charge in [-0.3, -0.25) is 4.79 Å². The Bertz CT molecular complexity index is 358. The van der Waals surface area contributed by atoms with Gasteiger partial charge in [-0.15, -0.1) is 0 Å². The molecule has 0 N–H and O–H groups in total. The maximum Gasteiger partial charge on any atom is 0.246 e. The molecule has 0 aromatic carbocycles. The van der Waals surface area contributed by atoms with E-state index in [4.69, 9.17) is 4.74 Å². The molecule has 3 rings (SSSR count). The molecular weight excluding hydrogens is 226 g/mol. The fourth-order valence-corrected chi connectivity index (χ4v) is 3.30. The fourth-order valence-electron chi connectivity index (χ4n) is 3.30. The van der Waals surface area contributed by atoms with Gasteiger partial charge in [-0.2, -0.15) is 0 Å². The molecule has 0 radical (unpaired) electrons. The standard InChI is InChI=1S/C15H23NO2/c1-11(12-6-7-12)10-15(17)16-8-9-18-14-5-3-2-4-13(14)16/h10,12-14H,2-9H2,1H3/b11-10+. The molecule has 2 unspecified atom stereocenters. The lowest BCUT2D eigenvalue weighted by molar-refractivity contribution is -0.144. The molecule has 2 aliphatic carbocycles. The highest BCUT2D eigenvalue weighted by Crippen LogP contribution is 2.36. The molecule has 0 bridgehead atoms. The second kappa shape index (κ2) is 5.04. The van der Waals surface area contributed by atoms with Crippen molar-refractivity contribution < 1.29 is 9.53 Å². The Balaban J connectivity index is 1.69. The van der Waals surface area contributed by atoms with Crippen LogP contribution in [-0.4, -0.2) is 36.1 Å². The number of hydrogen-bond acceptors (Lipinski definition) is 2.